The van der Waals surface area contributed by atoms with Crippen LogP contribution in [-0.4, -0.2) is 84.8 Å². The van der Waals surface area contributed by atoms with Crippen molar-refractivity contribution in [2.75, 3.05) is 13.2 Å². The van der Waals surface area contributed by atoms with Gasteiger partial charge in [0.15, 0.2) is 12.6 Å². The molecule has 0 amide bonds. The molecule has 2 fully saturated rings. The fraction of sp³-hybridized carbons (Fsp3) is 0.333. The van der Waals surface area contributed by atoms with Crippen molar-refractivity contribution >= 4 is 0 Å². The number of rotatable bonds is 22. The van der Waals surface area contributed by atoms with Gasteiger partial charge in [0, 0.05) is 0 Å². The van der Waals surface area contributed by atoms with Crippen molar-refractivity contribution in [3.05, 3.63) is 215 Å². The maximum Gasteiger partial charge on any atom is 0.187 e. The van der Waals surface area contributed by atoms with Gasteiger partial charge in [-0.2, -0.15) is 0 Å². The number of benzene rings is 6. The predicted octanol–water partition coefficient (Wildman–Crippen LogP) is 7.95. The molecule has 2 aliphatic rings. The van der Waals surface area contributed by atoms with Gasteiger partial charge in [0.05, 0.1) is 52.9 Å². The molecule has 11 nitrogen and oxygen atoms in total. The van der Waals surface area contributed by atoms with Crippen LogP contribution in [0, 0.1) is 0 Å². The van der Waals surface area contributed by atoms with Gasteiger partial charge in [-0.3, -0.25) is 0 Å². The third-order valence-electron chi connectivity index (χ3n) is 11.4. The van der Waals surface area contributed by atoms with E-state index in [9.17, 15) is 10.2 Å². The minimum Gasteiger partial charge on any atom is -0.385 e. The molecule has 0 saturated carbocycles. The highest BCUT2D eigenvalue weighted by atomic mass is 16.7. The van der Waals surface area contributed by atoms with E-state index >= 15 is 0 Å². The summed E-state index contributed by atoms with van der Waals surface area (Å²) in [4.78, 5) is 0. The highest BCUT2D eigenvalue weighted by Gasteiger charge is 2.53. The van der Waals surface area contributed by atoms with Crippen LogP contribution in [0.1, 0.15) is 33.4 Å². The monoisotopic (exact) mass is 882 g/mol. The van der Waals surface area contributed by atoms with Crippen molar-refractivity contribution in [3.8, 4) is 0 Å². The molecule has 340 valence electrons. The van der Waals surface area contributed by atoms with Gasteiger partial charge in [-0.1, -0.05) is 182 Å². The Morgan fingerprint density at radius 3 is 1.06 bits per heavy atom. The standard InChI is InChI=1S/C54H58O11/c55-47-50(60-34-42-25-13-4-14-26-42)49(46(63-53(47)56)38-58-32-40-21-9-2-10-22-40)65-54-52(62-36-44-29-17-6-18-30-44)51(61-35-43-27-15-5-16-28-43)48(59-33-41-23-11-3-12-24-41)45(64-54)37-57-31-39-19-7-1-8-20-39/h1-30,45-56H,31-38H2/t45-,46-,47+,48-,49+,50-,51-,52-,53-,54-/m0/s1. The number of aliphatic hydroxyl groups is 2. The minimum absolute atomic E-state index is 0.00282. The van der Waals surface area contributed by atoms with Crippen molar-refractivity contribution < 1.29 is 52.8 Å². The van der Waals surface area contributed by atoms with Crippen LogP contribution in [0.3, 0.4) is 0 Å². The molecule has 6 aromatic carbocycles. The van der Waals surface area contributed by atoms with Crippen molar-refractivity contribution in [1.82, 2.24) is 0 Å². The molecule has 0 aromatic heterocycles. The average molecular weight is 883 g/mol. The number of hydrogen-bond donors (Lipinski definition) is 2. The first-order valence-corrected chi connectivity index (χ1v) is 22.3. The van der Waals surface area contributed by atoms with E-state index in [1.165, 1.54) is 0 Å². The molecule has 2 aliphatic heterocycles. The van der Waals surface area contributed by atoms with Crippen LogP contribution < -0.4 is 0 Å². The van der Waals surface area contributed by atoms with E-state index in [-0.39, 0.29) is 46.2 Å². The normalized spacial score (nSPS) is 25.6. The molecule has 2 heterocycles. The molecule has 0 spiro atoms. The largest absolute Gasteiger partial charge is 0.385 e. The summed E-state index contributed by atoms with van der Waals surface area (Å²) in [6.07, 6.45) is -10.4. The summed E-state index contributed by atoms with van der Waals surface area (Å²) >= 11 is 0. The van der Waals surface area contributed by atoms with Gasteiger partial charge in [-0.25, -0.2) is 0 Å². The van der Waals surface area contributed by atoms with Crippen LogP contribution >= 0.6 is 0 Å². The maximum absolute atomic E-state index is 11.7. The smallest absolute Gasteiger partial charge is 0.187 e. The number of aliphatic hydroxyl groups excluding tert-OH is 2. The lowest BCUT2D eigenvalue weighted by molar-refractivity contribution is -0.371. The molecule has 65 heavy (non-hydrogen) atoms. The van der Waals surface area contributed by atoms with Crippen LogP contribution in [0.2, 0.25) is 0 Å². The second-order valence-electron chi connectivity index (χ2n) is 16.2. The summed E-state index contributed by atoms with van der Waals surface area (Å²) in [5.41, 5.74) is 5.70. The van der Waals surface area contributed by atoms with E-state index in [0.29, 0.717) is 6.61 Å². The van der Waals surface area contributed by atoms with Crippen molar-refractivity contribution in [3.63, 3.8) is 0 Å². The topological polar surface area (TPSA) is 124 Å². The zero-order chi connectivity index (χ0) is 44.5. The summed E-state index contributed by atoms with van der Waals surface area (Å²) in [5, 5.41) is 22.8. The van der Waals surface area contributed by atoms with Gasteiger partial charge in [0.2, 0.25) is 0 Å². The van der Waals surface area contributed by atoms with Gasteiger partial charge in [0.25, 0.3) is 0 Å². The first-order valence-electron chi connectivity index (χ1n) is 22.3. The Morgan fingerprint density at radius 1 is 0.338 bits per heavy atom. The first-order chi connectivity index (χ1) is 32.1. The van der Waals surface area contributed by atoms with Crippen LogP contribution in [0.25, 0.3) is 0 Å². The SMILES string of the molecule is O[C@@H]1[C@H](OCc2ccccc2)[C@H](O[C@@H]2O[C@@H](COCc3ccccc3)[C@H](OCc3ccccc3)[C@H](OCc3ccccc3)[C@@H]2OCc2ccccc2)[C@H](COCc2ccccc2)O[C@@H]1O. The number of ether oxygens (including phenoxy) is 9. The molecule has 2 saturated heterocycles. The fourth-order valence-corrected chi connectivity index (χ4v) is 8.04. The molecular formula is C54H58O11. The van der Waals surface area contributed by atoms with E-state index in [0.717, 1.165) is 33.4 Å². The second kappa shape index (κ2) is 24.4. The van der Waals surface area contributed by atoms with Crippen LogP contribution in [0.5, 0.6) is 0 Å². The summed E-state index contributed by atoms with van der Waals surface area (Å²) in [6, 6.07) is 59.0. The highest BCUT2D eigenvalue weighted by Crippen LogP contribution is 2.35. The predicted molar refractivity (Wildman–Crippen MR) is 243 cm³/mol. The maximum atomic E-state index is 11.7. The molecule has 10 atom stereocenters. The van der Waals surface area contributed by atoms with Gasteiger partial charge in [-0.15, -0.1) is 0 Å². The molecule has 6 aromatic rings. The molecule has 0 unspecified atom stereocenters. The Hall–Kier alpha value is -5.12. The highest BCUT2D eigenvalue weighted by molar-refractivity contribution is 5.18. The van der Waals surface area contributed by atoms with Gasteiger partial charge in [0.1, 0.15) is 48.8 Å². The van der Waals surface area contributed by atoms with E-state index in [1.54, 1.807) is 0 Å². The third kappa shape index (κ3) is 13.5. The minimum atomic E-state index is -1.59. The molecular weight excluding hydrogens is 825 g/mol. The van der Waals surface area contributed by atoms with E-state index < -0.39 is 61.4 Å². The molecule has 8 rings (SSSR count). The average Bonchev–Trinajstić information content (AvgIpc) is 3.35. The quantitative estimate of drug-likeness (QED) is 0.0691. The fourth-order valence-electron chi connectivity index (χ4n) is 8.04. The Kier molecular flexibility index (Phi) is 17.4. The van der Waals surface area contributed by atoms with E-state index in [2.05, 4.69) is 0 Å². The molecule has 2 N–H and O–H groups in total. The van der Waals surface area contributed by atoms with E-state index in [4.69, 9.17) is 42.6 Å². The van der Waals surface area contributed by atoms with Crippen LogP contribution in [0.15, 0.2) is 182 Å². The second-order valence-corrected chi connectivity index (χ2v) is 16.2. The molecule has 0 aliphatic carbocycles. The summed E-state index contributed by atoms with van der Waals surface area (Å²) in [7, 11) is 0. The lowest BCUT2D eigenvalue weighted by Gasteiger charge is -2.49. The Morgan fingerprint density at radius 2 is 0.662 bits per heavy atom. The molecule has 11 heteroatoms. The lowest BCUT2D eigenvalue weighted by Crippen LogP contribution is -2.66. The molecule has 0 radical (unpaired) electrons. The summed E-state index contributed by atoms with van der Waals surface area (Å²) in [6.45, 7) is 1.55. The van der Waals surface area contributed by atoms with Gasteiger partial charge in [-0.05, 0) is 33.4 Å². The summed E-state index contributed by atoms with van der Waals surface area (Å²) in [5.74, 6) is 0. The van der Waals surface area contributed by atoms with Crippen molar-refractivity contribution in [2.45, 2.75) is 101 Å². The lowest BCUT2D eigenvalue weighted by atomic mass is 9.96. The van der Waals surface area contributed by atoms with E-state index in [1.807, 2.05) is 182 Å². The van der Waals surface area contributed by atoms with Crippen molar-refractivity contribution in [2.24, 2.45) is 0 Å². The van der Waals surface area contributed by atoms with Crippen molar-refractivity contribution in [1.29, 1.82) is 0 Å². The van der Waals surface area contributed by atoms with Gasteiger partial charge < -0.3 is 52.8 Å². The van der Waals surface area contributed by atoms with Crippen LogP contribution in [0.4, 0.5) is 0 Å². The Labute approximate surface area is 381 Å². The zero-order valence-electron chi connectivity index (χ0n) is 36.3. The van der Waals surface area contributed by atoms with Crippen LogP contribution in [-0.2, 0) is 82.3 Å². The van der Waals surface area contributed by atoms with Gasteiger partial charge >= 0.3 is 0 Å². The number of hydrogen-bond acceptors (Lipinski definition) is 11. The summed E-state index contributed by atoms with van der Waals surface area (Å²) < 4.78 is 60.1. The first kappa shape index (κ1) is 46.4. The zero-order valence-corrected chi connectivity index (χ0v) is 36.3. The molecule has 0 bridgehead atoms. The third-order valence-corrected chi connectivity index (χ3v) is 11.4. The Balaban J connectivity index is 1.15. The Bertz CT molecular complexity index is 2210.